The van der Waals surface area contributed by atoms with Crippen LogP contribution in [-0.4, -0.2) is 10.9 Å². The van der Waals surface area contributed by atoms with Gasteiger partial charge in [0.2, 0.25) is 5.91 Å². The minimum atomic E-state index is -0.277. The molecule has 2 aliphatic rings. The van der Waals surface area contributed by atoms with Gasteiger partial charge in [0.15, 0.2) is 0 Å². The van der Waals surface area contributed by atoms with Gasteiger partial charge in [-0.2, -0.15) is 0 Å². The fourth-order valence-corrected chi connectivity index (χ4v) is 4.44. The maximum absolute atomic E-state index is 11.1. The molecule has 2 N–H and O–H groups in total. The van der Waals surface area contributed by atoms with Crippen LogP contribution in [0.5, 0.6) is 0 Å². The van der Waals surface area contributed by atoms with E-state index in [0.717, 1.165) is 18.4 Å². The van der Waals surface area contributed by atoms with E-state index in [9.17, 15) is 4.79 Å². The number of amides is 1. The molecule has 138 valence electrons. The van der Waals surface area contributed by atoms with Crippen LogP contribution < -0.4 is 5.73 Å². The number of aryl methyl sites for hydroxylation is 1. The molecule has 2 aromatic rings. The van der Waals surface area contributed by atoms with Crippen LogP contribution in [0.3, 0.4) is 0 Å². The molecule has 0 aliphatic heterocycles. The second kappa shape index (κ2) is 8.22. The Kier molecular flexibility index (Phi) is 5.98. The van der Waals surface area contributed by atoms with Gasteiger partial charge in [-0.15, -0.1) is 12.4 Å². The lowest BCUT2D eigenvalue weighted by molar-refractivity contribution is -0.117. The first-order chi connectivity index (χ1) is 12.2. The Balaban J connectivity index is 0.00000196. The highest BCUT2D eigenvalue weighted by atomic mass is 35.5. The number of aromatic nitrogens is 1. The van der Waals surface area contributed by atoms with E-state index < -0.39 is 0 Å². The molecule has 0 unspecified atom stereocenters. The number of nitrogens with two attached hydrogens (primary N) is 1. The minimum Gasteiger partial charge on any atom is -0.369 e. The lowest BCUT2D eigenvalue weighted by Gasteiger charge is -2.15. The SMILES string of the molecule is Cl.NC(=O)Cc1ccc(Cc2cc(C3CCCC3)nc3c2CCC3)cc1. The van der Waals surface area contributed by atoms with Crippen LogP contribution in [0.2, 0.25) is 0 Å². The molecule has 0 saturated heterocycles. The van der Waals surface area contributed by atoms with Gasteiger partial charge in [0.05, 0.1) is 6.42 Å². The Labute approximate surface area is 161 Å². The van der Waals surface area contributed by atoms with Gasteiger partial charge >= 0.3 is 0 Å². The summed E-state index contributed by atoms with van der Waals surface area (Å²) in [4.78, 5) is 16.1. The van der Waals surface area contributed by atoms with Gasteiger partial charge in [-0.1, -0.05) is 37.1 Å². The first kappa shape index (κ1) is 18.9. The van der Waals surface area contributed by atoms with Crippen LogP contribution in [0.1, 0.15) is 71.7 Å². The molecule has 4 rings (SSSR count). The van der Waals surface area contributed by atoms with Crippen molar-refractivity contribution in [3.63, 3.8) is 0 Å². The average Bonchev–Trinajstić information content (AvgIpc) is 3.27. The fraction of sp³-hybridized carbons (Fsp3) is 0.455. The van der Waals surface area contributed by atoms with Crippen molar-refractivity contribution in [1.82, 2.24) is 4.98 Å². The summed E-state index contributed by atoms with van der Waals surface area (Å²) in [5.74, 6) is 0.392. The first-order valence-electron chi connectivity index (χ1n) is 9.57. The molecule has 4 heteroatoms. The number of hydrogen-bond acceptors (Lipinski definition) is 2. The number of benzene rings is 1. The van der Waals surface area contributed by atoms with E-state index in [1.165, 1.54) is 66.6 Å². The zero-order chi connectivity index (χ0) is 17.2. The third-order valence-electron chi connectivity index (χ3n) is 5.73. The average molecular weight is 371 g/mol. The highest BCUT2D eigenvalue weighted by Crippen LogP contribution is 2.36. The predicted molar refractivity (Wildman–Crippen MR) is 107 cm³/mol. The van der Waals surface area contributed by atoms with E-state index in [1.54, 1.807) is 0 Å². The van der Waals surface area contributed by atoms with E-state index >= 15 is 0 Å². The maximum atomic E-state index is 11.1. The van der Waals surface area contributed by atoms with Crippen molar-refractivity contribution in [2.75, 3.05) is 0 Å². The van der Waals surface area contributed by atoms with Crippen molar-refractivity contribution in [2.45, 2.75) is 63.7 Å². The molecule has 1 fully saturated rings. The van der Waals surface area contributed by atoms with E-state index in [1.807, 2.05) is 12.1 Å². The van der Waals surface area contributed by atoms with Crippen LogP contribution >= 0.6 is 12.4 Å². The van der Waals surface area contributed by atoms with E-state index in [2.05, 4.69) is 18.2 Å². The Bertz CT molecular complexity index is 779. The van der Waals surface area contributed by atoms with Crippen LogP contribution in [0, 0.1) is 0 Å². The lowest BCUT2D eigenvalue weighted by Crippen LogP contribution is -2.13. The monoisotopic (exact) mass is 370 g/mol. The molecule has 3 nitrogen and oxygen atoms in total. The molecule has 2 aliphatic carbocycles. The van der Waals surface area contributed by atoms with Crippen molar-refractivity contribution < 1.29 is 4.79 Å². The number of halogens is 1. The number of carbonyl (C=O) groups is 1. The van der Waals surface area contributed by atoms with Crippen LogP contribution in [-0.2, 0) is 30.5 Å². The summed E-state index contributed by atoms with van der Waals surface area (Å²) in [7, 11) is 0. The van der Waals surface area contributed by atoms with Crippen molar-refractivity contribution >= 4 is 18.3 Å². The Hall–Kier alpha value is -1.87. The molecule has 0 radical (unpaired) electrons. The normalized spacial score (nSPS) is 16.3. The summed E-state index contributed by atoms with van der Waals surface area (Å²) in [6.07, 6.45) is 10.1. The molecule has 1 aromatic heterocycles. The van der Waals surface area contributed by atoms with Gasteiger partial charge in [0.25, 0.3) is 0 Å². The zero-order valence-corrected chi connectivity index (χ0v) is 16.0. The van der Waals surface area contributed by atoms with Gasteiger partial charge in [-0.3, -0.25) is 9.78 Å². The molecule has 0 spiro atoms. The number of hydrogen-bond donors (Lipinski definition) is 1. The summed E-state index contributed by atoms with van der Waals surface area (Å²) in [5, 5.41) is 0. The molecule has 1 saturated carbocycles. The van der Waals surface area contributed by atoms with E-state index in [0.29, 0.717) is 12.3 Å². The molecule has 1 amide bonds. The Morgan fingerprint density at radius 2 is 1.73 bits per heavy atom. The summed E-state index contributed by atoms with van der Waals surface area (Å²) < 4.78 is 0. The summed E-state index contributed by atoms with van der Waals surface area (Å²) >= 11 is 0. The standard InChI is InChI=1S/C22H26N2O.ClH/c23-22(25)13-16-10-8-15(9-11-16)12-18-14-21(17-4-1-2-5-17)24-20-7-3-6-19(18)20;/h8-11,14,17H,1-7,12-13H2,(H2,23,25);1H. The molecule has 0 bridgehead atoms. The topological polar surface area (TPSA) is 56.0 Å². The van der Waals surface area contributed by atoms with Gasteiger partial charge in [-0.25, -0.2) is 0 Å². The maximum Gasteiger partial charge on any atom is 0.221 e. The highest BCUT2D eigenvalue weighted by molar-refractivity contribution is 5.85. The number of carbonyl (C=O) groups excluding carboxylic acids is 1. The number of primary amides is 1. The highest BCUT2D eigenvalue weighted by Gasteiger charge is 2.23. The van der Waals surface area contributed by atoms with Crippen LogP contribution in [0.4, 0.5) is 0 Å². The quantitative estimate of drug-likeness (QED) is 0.854. The second-order valence-electron chi connectivity index (χ2n) is 7.60. The lowest BCUT2D eigenvalue weighted by atomic mass is 9.94. The largest absolute Gasteiger partial charge is 0.369 e. The number of nitrogens with zero attached hydrogens (tertiary/aromatic N) is 1. The van der Waals surface area contributed by atoms with Crippen LogP contribution in [0.15, 0.2) is 30.3 Å². The molecule has 0 atom stereocenters. The molecular weight excluding hydrogens is 344 g/mol. The van der Waals surface area contributed by atoms with Gasteiger partial charge < -0.3 is 5.73 Å². The van der Waals surface area contributed by atoms with Crippen molar-refractivity contribution in [2.24, 2.45) is 5.73 Å². The molecule has 1 heterocycles. The molecule has 1 aromatic carbocycles. The first-order valence-corrected chi connectivity index (χ1v) is 9.57. The minimum absolute atomic E-state index is 0. The third-order valence-corrected chi connectivity index (χ3v) is 5.73. The summed E-state index contributed by atoms with van der Waals surface area (Å²) in [6.45, 7) is 0. The number of fused-ring (bicyclic) bond motifs is 1. The molecular formula is C22H27ClN2O. The third kappa shape index (κ3) is 4.09. The van der Waals surface area contributed by atoms with Crippen LogP contribution in [0.25, 0.3) is 0 Å². The molecule has 26 heavy (non-hydrogen) atoms. The van der Waals surface area contributed by atoms with Crippen molar-refractivity contribution in [1.29, 1.82) is 0 Å². The second-order valence-corrected chi connectivity index (χ2v) is 7.60. The fourth-order valence-electron chi connectivity index (χ4n) is 4.44. The van der Waals surface area contributed by atoms with Crippen molar-refractivity contribution in [3.05, 3.63) is 64.0 Å². The Morgan fingerprint density at radius 3 is 2.42 bits per heavy atom. The Morgan fingerprint density at radius 1 is 1.04 bits per heavy atom. The smallest absolute Gasteiger partial charge is 0.221 e. The zero-order valence-electron chi connectivity index (χ0n) is 15.2. The van der Waals surface area contributed by atoms with Gasteiger partial charge in [0.1, 0.15) is 0 Å². The van der Waals surface area contributed by atoms with Gasteiger partial charge in [0, 0.05) is 17.3 Å². The van der Waals surface area contributed by atoms with E-state index in [4.69, 9.17) is 10.7 Å². The number of rotatable bonds is 5. The van der Waals surface area contributed by atoms with E-state index in [-0.39, 0.29) is 18.3 Å². The van der Waals surface area contributed by atoms with Crippen molar-refractivity contribution in [3.8, 4) is 0 Å². The van der Waals surface area contributed by atoms with Gasteiger partial charge in [-0.05, 0) is 66.8 Å². The summed E-state index contributed by atoms with van der Waals surface area (Å²) in [6, 6.07) is 10.7. The predicted octanol–water partition coefficient (Wildman–Crippen LogP) is 4.27. The summed E-state index contributed by atoms with van der Waals surface area (Å²) in [5.41, 5.74) is 13.2. The number of pyridine rings is 1.